The Balaban J connectivity index is 1.99. The maximum absolute atomic E-state index is 11.7. The number of hydrogen-bond donors (Lipinski definition) is 1. The third-order valence-electron chi connectivity index (χ3n) is 3.79. The molecule has 1 aromatic carbocycles. The number of H-pyrrole nitrogens is 1. The van der Waals surface area contributed by atoms with E-state index in [1.165, 1.54) is 22.9 Å². The minimum Gasteiger partial charge on any atom is -0.361 e. The maximum atomic E-state index is 11.7. The second kappa shape index (κ2) is 4.36. The van der Waals surface area contributed by atoms with Gasteiger partial charge in [0.05, 0.1) is 0 Å². The van der Waals surface area contributed by atoms with Gasteiger partial charge in [-0.15, -0.1) is 0 Å². The van der Waals surface area contributed by atoms with Crippen LogP contribution in [0, 0.1) is 0 Å². The lowest BCUT2D eigenvalue weighted by atomic mass is 9.91. The van der Waals surface area contributed by atoms with Gasteiger partial charge in [0, 0.05) is 29.9 Å². The average molecular weight is 227 g/mol. The first kappa shape index (κ1) is 10.6. The molecular weight excluding hydrogens is 210 g/mol. The summed E-state index contributed by atoms with van der Waals surface area (Å²) in [6.07, 6.45) is 6.98. The molecule has 2 nitrogen and oxygen atoms in total. The van der Waals surface area contributed by atoms with Crippen LogP contribution in [0.3, 0.4) is 0 Å². The number of Topliss-reactive ketones (excluding diaryl/α,β-unsaturated/α-hetero) is 1. The average Bonchev–Trinajstić information content (AvgIpc) is 2.66. The number of carbonyl (C=O) groups excluding carboxylic acids is 1. The molecule has 1 fully saturated rings. The summed E-state index contributed by atoms with van der Waals surface area (Å²) in [6, 6.07) is 8.35. The first-order valence-corrected chi connectivity index (χ1v) is 6.42. The Morgan fingerprint density at radius 1 is 1.18 bits per heavy atom. The number of rotatable bonds is 1. The molecular formula is C15H17NO. The van der Waals surface area contributed by atoms with Gasteiger partial charge in [-0.05, 0) is 30.4 Å². The molecule has 1 N–H and O–H groups in total. The standard InChI is InChI=1S/C15H17NO/c17-12-6-2-1-5-11(9-12)14-10-16-15-8-4-3-7-13(14)15/h3-4,7-8,10-11,16H,1-2,5-6,9H2. The van der Waals surface area contributed by atoms with Gasteiger partial charge in [0.15, 0.2) is 0 Å². The first-order chi connectivity index (χ1) is 8.34. The molecule has 0 aliphatic heterocycles. The fraction of sp³-hybridized carbons (Fsp3) is 0.400. The molecule has 1 unspecified atom stereocenters. The zero-order valence-corrected chi connectivity index (χ0v) is 9.91. The highest BCUT2D eigenvalue weighted by Crippen LogP contribution is 2.34. The van der Waals surface area contributed by atoms with Crippen molar-refractivity contribution in [3.05, 3.63) is 36.0 Å². The summed E-state index contributed by atoms with van der Waals surface area (Å²) >= 11 is 0. The number of aromatic amines is 1. The monoisotopic (exact) mass is 227 g/mol. The van der Waals surface area contributed by atoms with Crippen LogP contribution in [0.25, 0.3) is 10.9 Å². The van der Waals surface area contributed by atoms with Crippen LogP contribution in [0.4, 0.5) is 0 Å². The smallest absolute Gasteiger partial charge is 0.133 e. The Morgan fingerprint density at radius 3 is 3.00 bits per heavy atom. The zero-order chi connectivity index (χ0) is 11.7. The molecule has 1 heterocycles. The third kappa shape index (κ3) is 1.99. The highest BCUT2D eigenvalue weighted by atomic mass is 16.1. The molecule has 0 spiro atoms. The van der Waals surface area contributed by atoms with Crippen molar-refractivity contribution in [2.45, 2.75) is 38.0 Å². The highest BCUT2D eigenvalue weighted by molar-refractivity contribution is 5.85. The maximum Gasteiger partial charge on any atom is 0.133 e. The van der Waals surface area contributed by atoms with E-state index >= 15 is 0 Å². The number of nitrogens with one attached hydrogen (secondary N) is 1. The molecule has 0 bridgehead atoms. The summed E-state index contributed by atoms with van der Waals surface area (Å²) in [7, 11) is 0. The van der Waals surface area contributed by atoms with Gasteiger partial charge in [0.25, 0.3) is 0 Å². The molecule has 88 valence electrons. The minimum absolute atomic E-state index is 0.418. The molecule has 2 aromatic rings. The lowest BCUT2D eigenvalue weighted by Crippen LogP contribution is -2.02. The fourth-order valence-electron chi connectivity index (χ4n) is 2.89. The Kier molecular flexibility index (Phi) is 2.71. The minimum atomic E-state index is 0.418. The zero-order valence-electron chi connectivity index (χ0n) is 9.91. The molecule has 1 aliphatic rings. The van der Waals surface area contributed by atoms with Gasteiger partial charge in [-0.2, -0.15) is 0 Å². The van der Waals surface area contributed by atoms with Gasteiger partial charge in [-0.25, -0.2) is 0 Å². The van der Waals surface area contributed by atoms with Crippen molar-refractivity contribution < 1.29 is 4.79 Å². The van der Waals surface area contributed by atoms with E-state index in [9.17, 15) is 4.79 Å². The van der Waals surface area contributed by atoms with Crippen molar-refractivity contribution in [2.24, 2.45) is 0 Å². The summed E-state index contributed by atoms with van der Waals surface area (Å²) in [5.74, 6) is 0.846. The molecule has 1 atom stereocenters. The topological polar surface area (TPSA) is 32.9 Å². The van der Waals surface area contributed by atoms with Crippen LogP contribution in [0.2, 0.25) is 0 Å². The fourth-order valence-corrected chi connectivity index (χ4v) is 2.89. The predicted octanol–water partition coefficient (Wildman–Crippen LogP) is 3.78. The molecule has 1 aliphatic carbocycles. The van der Waals surface area contributed by atoms with E-state index < -0.39 is 0 Å². The molecule has 0 radical (unpaired) electrons. The lowest BCUT2D eigenvalue weighted by Gasteiger charge is -2.12. The highest BCUT2D eigenvalue weighted by Gasteiger charge is 2.21. The van der Waals surface area contributed by atoms with E-state index in [4.69, 9.17) is 0 Å². The lowest BCUT2D eigenvalue weighted by molar-refractivity contribution is -0.119. The van der Waals surface area contributed by atoms with Gasteiger partial charge >= 0.3 is 0 Å². The second-order valence-electron chi connectivity index (χ2n) is 4.98. The van der Waals surface area contributed by atoms with Crippen LogP contribution in [0.5, 0.6) is 0 Å². The van der Waals surface area contributed by atoms with Crippen LogP contribution >= 0.6 is 0 Å². The summed E-state index contributed by atoms with van der Waals surface area (Å²) in [6.45, 7) is 0. The van der Waals surface area contributed by atoms with Crippen molar-refractivity contribution in [2.75, 3.05) is 0 Å². The van der Waals surface area contributed by atoms with Crippen LogP contribution in [0.15, 0.2) is 30.5 Å². The molecule has 3 rings (SSSR count). The van der Waals surface area contributed by atoms with Gasteiger partial charge in [0.2, 0.25) is 0 Å². The molecule has 1 saturated carbocycles. The predicted molar refractivity (Wildman–Crippen MR) is 69.1 cm³/mol. The molecule has 0 saturated heterocycles. The van der Waals surface area contributed by atoms with Crippen LogP contribution in [0.1, 0.15) is 43.6 Å². The van der Waals surface area contributed by atoms with Crippen molar-refractivity contribution in [1.29, 1.82) is 0 Å². The summed E-state index contributed by atoms with van der Waals surface area (Å²) in [5.41, 5.74) is 2.51. The van der Waals surface area contributed by atoms with E-state index in [-0.39, 0.29) is 0 Å². The van der Waals surface area contributed by atoms with Gasteiger partial charge < -0.3 is 4.98 Å². The second-order valence-corrected chi connectivity index (χ2v) is 4.98. The molecule has 17 heavy (non-hydrogen) atoms. The number of aromatic nitrogens is 1. The van der Waals surface area contributed by atoms with Crippen LogP contribution in [-0.4, -0.2) is 10.8 Å². The first-order valence-electron chi connectivity index (χ1n) is 6.42. The summed E-state index contributed by atoms with van der Waals surface area (Å²) in [4.78, 5) is 15.0. The molecule has 2 heteroatoms. The van der Waals surface area contributed by atoms with E-state index in [2.05, 4.69) is 29.4 Å². The van der Waals surface area contributed by atoms with Crippen LogP contribution < -0.4 is 0 Å². The van der Waals surface area contributed by atoms with Crippen molar-refractivity contribution >= 4 is 16.7 Å². The van der Waals surface area contributed by atoms with Gasteiger partial charge in [-0.1, -0.05) is 24.6 Å². The van der Waals surface area contributed by atoms with Crippen molar-refractivity contribution in [1.82, 2.24) is 4.98 Å². The quantitative estimate of drug-likeness (QED) is 0.739. The Hall–Kier alpha value is -1.57. The summed E-state index contributed by atoms with van der Waals surface area (Å²) < 4.78 is 0. The van der Waals surface area contributed by atoms with Crippen molar-refractivity contribution in [3.8, 4) is 0 Å². The number of carbonyl (C=O) groups is 1. The Morgan fingerprint density at radius 2 is 2.06 bits per heavy atom. The number of benzene rings is 1. The molecule has 1 aromatic heterocycles. The van der Waals surface area contributed by atoms with E-state index in [1.54, 1.807) is 0 Å². The van der Waals surface area contributed by atoms with Crippen molar-refractivity contribution in [3.63, 3.8) is 0 Å². The normalized spacial score (nSPS) is 21.6. The molecule has 0 amide bonds. The SMILES string of the molecule is O=C1CCCCC(c2c[nH]c3ccccc23)C1. The third-order valence-corrected chi connectivity index (χ3v) is 3.79. The van der Waals surface area contributed by atoms with Crippen LogP contribution in [-0.2, 0) is 4.79 Å². The summed E-state index contributed by atoms with van der Waals surface area (Å²) in [5, 5.41) is 1.28. The van der Waals surface area contributed by atoms with Gasteiger partial charge in [0.1, 0.15) is 5.78 Å². The largest absolute Gasteiger partial charge is 0.361 e. The van der Waals surface area contributed by atoms with E-state index in [0.29, 0.717) is 11.7 Å². The number of para-hydroxylation sites is 1. The van der Waals surface area contributed by atoms with Gasteiger partial charge in [-0.3, -0.25) is 4.79 Å². The van der Waals surface area contributed by atoms with E-state index in [0.717, 1.165) is 25.7 Å². The number of fused-ring (bicyclic) bond motifs is 1. The van der Waals surface area contributed by atoms with E-state index in [1.807, 2.05) is 6.07 Å². The number of hydrogen-bond acceptors (Lipinski definition) is 1. The Labute approximate surface area is 101 Å². The Bertz CT molecular complexity index is 541. The number of ketones is 1.